The molecule has 0 amide bonds. The van der Waals surface area contributed by atoms with Crippen LogP contribution in [0.1, 0.15) is 0 Å². The van der Waals surface area contributed by atoms with Crippen molar-refractivity contribution in [3.63, 3.8) is 0 Å². The third-order valence-corrected chi connectivity index (χ3v) is 5.40. The zero-order chi connectivity index (χ0) is 21.9. The minimum atomic E-state index is 0.607. The van der Waals surface area contributed by atoms with Gasteiger partial charge in [-0.1, -0.05) is 35.9 Å². The lowest BCUT2D eigenvalue weighted by Crippen LogP contribution is -2.00. The highest BCUT2D eigenvalue weighted by Crippen LogP contribution is 2.31. The van der Waals surface area contributed by atoms with Crippen LogP contribution in [-0.4, -0.2) is 22.1 Å². The fourth-order valence-electron chi connectivity index (χ4n) is 3.48. The number of aromatic nitrogens is 3. The smallest absolute Gasteiger partial charge is 0.163 e. The summed E-state index contributed by atoms with van der Waals surface area (Å²) in [5, 5.41) is 5.05. The van der Waals surface area contributed by atoms with E-state index in [0.29, 0.717) is 11.6 Å². The van der Waals surface area contributed by atoms with Gasteiger partial charge >= 0.3 is 0 Å². The van der Waals surface area contributed by atoms with Crippen molar-refractivity contribution < 1.29 is 4.74 Å². The number of nitrogens with one attached hydrogen (secondary N) is 1. The first kappa shape index (κ1) is 20.0. The van der Waals surface area contributed by atoms with Crippen LogP contribution in [0.2, 0.25) is 5.02 Å². The molecule has 0 aliphatic heterocycles. The first-order chi connectivity index (χ1) is 15.7. The van der Waals surface area contributed by atoms with Gasteiger partial charge in [0.1, 0.15) is 11.6 Å². The van der Waals surface area contributed by atoms with Gasteiger partial charge in [-0.3, -0.25) is 4.98 Å². The maximum Gasteiger partial charge on any atom is 0.163 e. The molecular weight excluding hydrogens is 420 g/mol. The molecule has 0 saturated carbocycles. The Morgan fingerprint density at radius 2 is 1.56 bits per heavy atom. The van der Waals surface area contributed by atoms with Crippen LogP contribution < -0.4 is 10.1 Å². The zero-order valence-electron chi connectivity index (χ0n) is 17.3. The molecule has 3 aromatic carbocycles. The average Bonchev–Trinajstić information content (AvgIpc) is 2.85. The molecule has 0 aliphatic carbocycles. The van der Waals surface area contributed by atoms with Gasteiger partial charge in [-0.2, -0.15) is 0 Å². The normalized spacial score (nSPS) is 10.8. The Hall–Kier alpha value is -3.96. The Morgan fingerprint density at radius 3 is 2.25 bits per heavy atom. The van der Waals surface area contributed by atoms with E-state index in [9.17, 15) is 0 Å². The minimum absolute atomic E-state index is 0.607. The van der Waals surface area contributed by atoms with Gasteiger partial charge in [0.2, 0.25) is 0 Å². The monoisotopic (exact) mass is 438 g/mol. The molecule has 0 saturated heterocycles. The lowest BCUT2D eigenvalue weighted by Gasteiger charge is -2.12. The topological polar surface area (TPSA) is 59.9 Å². The van der Waals surface area contributed by atoms with Crippen LogP contribution in [0.5, 0.6) is 5.75 Å². The predicted octanol–water partition coefficient (Wildman–Crippen LogP) is 6.76. The van der Waals surface area contributed by atoms with Gasteiger partial charge in [0, 0.05) is 34.1 Å². The number of ether oxygens (including phenoxy) is 1. The quantitative estimate of drug-likeness (QED) is 0.328. The summed E-state index contributed by atoms with van der Waals surface area (Å²) in [6.45, 7) is 0. The Labute approximate surface area is 190 Å². The Morgan fingerprint density at radius 1 is 0.812 bits per heavy atom. The van der Waals surface area contributed by atoms with Crippen molar-refractivity contribution in [1.82, 2.24) is 15.0 Å². The van der Waals surface area contributed by atoms with E-state index < -0.39 is 0 Å². The first-order valence-electron chi connectivity index (χ1n) is 10.1. The number of halogens is 1. The Bertz CT molecular complexity index is 1370. The van der Waals surface area contributed by atoms with E-state index in [0.717, 1.165) is 44.1 Å². The van der Waals surface area contributed by atoms with E-state index in [1.807, 2.05) is 66.7 Å². The standard InChI is InChI=1S/C26H19ClN4O/c1-32-22-12-13-24-23(15-22)26(31-25(30-24)19-3-2-14-28-16-19)29-21-10-6-18(7-11-21)17-4-8-20(27)9-5-17/h2-16H,1H3,(H,29,30,31). The van der Waals surface area contributed by atoms with Gasteiger partial charge in [-0.25, -0.2) is 9.97 Å². The summed E-state index contributed by atoms with van der Waals surface area (Å²) in [7, 11) is 1.65. The maximum absolute atomic E-state index is 6.01. The zero-order valence-corrected chi connectivity index (χ0v) is 18.0. The van der Waals surface area contributed by atoms with E-state index >= 15 is 0 Å². The van der Waals surface area contributed by atoms with Gasteiger partial charge in [0.05, 0.1) is 12.6 Å². The molecule has 0 bridgehead atoms. The second kappa shape index (κ2) is 8.65. The van der Waals surface area contributed by atoms with Gasteiger partial charge in [-0.15, -0.1) is 0 Å². The average molecular weight is 439 g/mol. The number of anilines is 2. The molecular formula is C26H19ClN4O. The summed E-state index contributed by atoms with van der Waals surface area (Å²) in [4.78, 5) is 13.7. The number of methoxy groups -OCH3 is 1. The summed E-state index contributed by atoms with van der Waals surface area (Å²) < 4.78 is 5.41. The number of nitrogens with zero attached hydrogens (tertiary/aromatic N) is 3. The summed E-state index contributed by atoms with van der Waals surface area (Å²) in [5.74, 6) is 2.06. The maximum atomic E-state index is 6.01. The van der Waals surface area contributed by atoms with Crippen molar-refractivity contribution in [2.24, 2.45) is 0 Å². The van der Waals surface area contributed by atoms with Crippen LogP contribution in [0.15, 0.2) is 91.3 Å². The molecule has 32 heavy (non-hydrogen) atoms. The molecule has 0 fully saturated rings. The summed E-state index contributed by atoms with van der Waals surface area (Å²) in [6, 6.07) is 25.6. The number of hydrogen-bond donors (Lipinski definition) is 1. The van der Waals surface area contributed by atoms with Crippen LogP contribution in [0.3, 0.4) is 0 Å². The molecule has 0 aliphatic rings. The highest BCUT2D eigenvalue weighted by molar-refractivity contribution is 6.30. The highest BCUT2D eigenvalue weighted by atomic mass is 35.5. The van der Waals surface area contributed by atoms with Crippen LogP contribution in [0, 0.1) is 0 Å². The minimum Gasteiger partial charge on any atom is -0.497 e. The number of fused-ring (bicyclic) bond motifs is 1. The molecule has 0 unspecified atom stereocenters. The van der Waals surface area contributed by atoms with E-state index in [4.69, 9.17) is 26.3 Å². The van der Waals surface area contributed by atoms with E-state index in [2.05, 4.69) is 22.4 Å². The fourth-order valence-corrected chi connectivity index (χ4v) is 3.60. The van der Waals surface area contributed by atoms with Crippen molar-refractivity contribution >= 4 is 34.0 Å². The lowest BCUT2D eigenvalue weighted by atomic mass is 10.1. The van der Waals surface area contributed by atoms with E-state index in [1.165, 1.54) is 0 Å². The molecule has 0 atom stereocenters. The number of benzene rings is 3. The van der Waals surface area contributed by atoms with E-state index in [1.54, 1.807) is 19.5 Å². The largest absolute Gasteiger partial charge is 0.497 e. The Kier molecular flexibility index (Phi) is 5.40. The molecule has 2 heterocycles. The van der Waals surface area contributed by atoms with Crippen molar-refractivity contribution in [3.8, 4) is 28.3 Å². The third-order valence-electron chi connectivity index (χ3n) is 5.15. The number of pyridine rings is 1. The van der Waals surface area contributed by atoms with Crippen molar-refractivity contribution in [2.45, 2.75) is 0 Å². The number of hydrogen-bond acceptors (Lipinski definition) is 5. The van der Waals surface area contributed by atoms with Crippen LogP contribution >= 0.6 is 11.6 Å². The molecule has 156 valence electrons. The first-order valence-corrected chi connectivity index (χ1v) is 10.5. The Balaban J connectivity index is 1.54. The van der Waals surface area contributed by atoms with Gasteiger partial charge in [0.15, 0.2) is 5.82 Å². The fraction of sp³-hybridized carbons (Fsp3) is 0.0385. The lowest BCUT2D eigenvalue weighted by molar-refractivity contribution is 0.415. The van der Waals surface area contributed by atoms with Crippen LogP contribution in [-0.2, 0) is 0 Å². The second-order valence-corrected chi connectivity index (χ2v) is 7.67. The number of rotatable bonds is 5. The van der Waals surface area contributed by atoms with Gasteiger partial charge in [0.25, 0.3) is 0 Å². The van der Waals surface area contributed by atoms with Crippen LogP contribution in [0.25, 0.3) is 33.4 Å². The van der Waals surface area contributed by atoms with Gasteiger partial charge in [-0.05, 0) is 65.7 Å². The molecule has 5 aromatic rings. The molecule has 1 N–H and O–H groups in total. The molecule has 5 rings (SSSR count). The summed E-state index contributed by atoms with van der Waals surface area (Å²) >= 11 is 6.01. The molecule has 5 nitrogen and oxygen atoms in total. The van der Waals surface area contributed by atoms with Crippen molar-refractivity contribution in [2.75, 3.05) is 12.4 Å². The van der Waals surface area contributed by atoms with Crippen molar-refractivity contribution in [1.29, 1.82) is 0 Å². The molecule has 6 heteroatoms. The van der Waals surface area contributed by atoms with E-state index in [-0.39, 0.29) is 0 Å². The highest BCUT2D eigenvalue weighted by Gasteiger charge is 2.11. The van der Waals surface area contributed by atoms with Gasteiger partial charge < -0.3 is 10.1 Å². The predicted molar refractivity (Wildman–Crippen MR) is 129 cm³/mol. The third kappa shape index (κ3) is 4.11. The summed E-state index contributed by atoms with van der Waals surface area (Å²) in [5.41, 5.74) is 4.81. The summed E-state index contributed by atoms with van der Waals surface area (Å²) in [6.07, 6.45) is 3.49. The molecule has 0 radical (unpaired) electrons. The van der Waals surface area contributed by atoms with Crippen LogP contribution in [0.4, 0.5) is 11.5 Å². The molecule has 0 spiro atoms. The second-order valence-electron chi connectivity index (χ2n) is 7.23. The molecule has 2 aromatic heterocycles. The van der Waals surface area contributed by atoms with Crippen molar-refractivity contribution in [3.05, 3.63) is 96.3 Å². The SMILES string of the molecule is COc1ccc2nc(-c3cccnc3)nc(Nc3ccc(-c4ccc(Cl)cc4)cc3)c2c1.